The van der Waals surface area contributed by atoms with Gasteiger partial charge in [0.15, 0.2) is 0 Å². The molecule has 0 saturated carbocycles. The van der Waals surface area contributed by atoms with Crippen molar-refractivity contribution in [1.82, 2.24) is 9.80 Å². The van der Waals surface area contributed by atoms with Crippen molar-refractivity contribution in [2.75, 3.05) is 20.1 Å². The molecular formula is C25H24F2N2O2. The summed E-state index contributed by atoms with van der Waals surface area (Å²) in [5.41, 5.74) is 2.17. The number of halogens is 2. The highest BCUT2D eigenvalue weighted by molar-refractivity contribution is 5.71. The van der Waals surface area contributed by atoms with E-state index in [2.05, 4.69) is 17.0 Å². The molecule has 0 aromatic heterocycles. The summed E-state index contributed by atoms with van der Waals surface area (Å²) < 4.78 is 32.0. The smallest absolute Gasteiger partial charge is 0.410 e. The largest absolute Gasteiger partial charge is 0.415 e. The topological polar surface area (TPSA) is 32.8 Å². The number of carbonyl (C=O) groups is 1. The lowest BCUT2D eigenvalue weighted by atomic mass is 9.93. The quantitative estimate of drug-likeness (QED) is 0.576. The molecule has 4 rings (SSSR count). The van der Waals surface area contributed by atoms with Gasteiger partial charge in [-0.25, -0.2) is 13.6 Å². The van der Waals surface area contributed by atoms with E-state index >= 15 is 0 Å². The third kappa shape index (κ3) is 5.09. The second-order valence-corrected chi connectivity index (χ2v) is 7.84. The number of carbonyl (C=O) groups excluding carboxylic acids is 1. The Labute approximate surface area is 180 Å². The zero-order valence-electron chi connectivity index (χ0n) is 17.2. The predicted molar refractivity (Wildman–Crippen MR) is 115 cm³/mol. The van der Waals surface area contributed by atoms with Crippen LogP contribution in [0.15, 0.2) is 78.9 Å². The molecule has 3 aromatic carbocycles. The van der Waals surface area contributed by atoms with Crippen LogP contribution in [0.25, 0.3) is 0 Å². The Balaban J connectivity index is 1.53. The van der Waals surface area contributed by atoms with Gasteiger partial charge in [0, 0.05) is 32.6 Å². The fourth-order valence-corrected chi connectivity index (χ4v) is 4.08. The highest BCUT2D eigenvalue weighted by Gasteiger charge is 2.38. The molecule has 31 heavy (non-hydrogen) atoms. The summed E-state index contributed by atoms with van der Waals surface area (Å²) in [6.45, 7) is 2.15. The van der Waals surface area contributed by atoms with Gasteiger partial charge in [0.2, 0.25) is 0 Å². The molecular weight excluding hydrogens is 398 g/mol. The van der Waals surface area contributed by atoms with Crippen molar-refractivity contribution < 1.29 is 18.3 Å². The van der Waals surface area contributed by atoms with Crippen LogP contribution >= 0.6 is 0 Å². The van der Waals surface area contributed by atoms with Crippen molar-refractivity contribution in [1.29, 1.82) is 0 Å². The number of hydrogen-bond acceptors (Lipinski definition) is 3. The van der Waals surface area contributed by atoms with Crippen LogP contribution in [0.2, 0.25) is 0 Å². The number of rotatable bonds is 5. The molecule has 0 spiro atoms. The van der Waals surface area contributed by atoms with Gasteiger partial charge in [0.05, 0.1) is 6.04 Å². The maximum absolute atomic E-state index is 13.5. The van der Waals surface area contributed by atoms with Gasteiger partial charge in [0.1, 0.15) is 17.4 Å². The van der Waals surface area contributed by atoms with E-state index in [0.29, 0.717) is 6.54 Å². The van der Waals surface area contributed by atoms with Crippen molar-refractivity contribution in [3.05, 3.63) is 102 Å². The molecule has 1 amide bonds. The normalized spacial score (nSPS) is 18.7. The van der Waals surface area contributed by atoms with Crippen molar-refractivity contribution in [2.45, 2.75) is 18.5 Å². The number of likely N-dealkylation sites (tertiary alicyclic amines) is 1. The van der Waals surface area contributed by atoms with Crippen LogP contribution in [-0.2, 0) is 6.54 Å². The first-order chi connectivity index (χ1) is 15.0. The average molecular weight is 422 g/mol. The second kappa shape index (κ2) is 9.27. The molecule has 2 atom stereocenters. The zero-order chi connectivity index (χ0) is 21.8. The van der Waals surface area contributed by atoms with Crippen LogP contribution in [0.4, 0.5) is 13.6 Å². The van der Waals surface area contributed by atoms with Gasteiger partial charge in [-0.2, -0.15) is 0 Å². The van der Waals surface area contributed by atoms with Crippen molar-refractivity contribution in [3.63, 3.8) is 0 Å². The molecule has 0 radical (unpaired) electrons. The highest BCUT2D eigenvalue weighted by Crippen LogP contribution is 2.32. The molecule has 160 valence electrons. The van der Waals surface area contributed by atoms with Crippen molar-refractivity contribution in [3.8, 4) is 5.75 Å². The monoisotopic (exact) mass is 422 g/mol. The lowest BCUT2D eigenvalue weighted by Crippen LogP contribution is -2.43. The molecule has 3 aromatic rings. The average Bonchev–Trinajstić information content (AvgIpc) is 3.19. The molecule has 0 aliphatic carbocycles. The maximum Gasteiger partial charge on any atom is 0.415 e. The Bertz CT molecular complexity index is 1010. The van der Waals surface area contributed by atoms with E-state index in [-0.39, 0.29) is 23.5 Å². The first kappa shape index (κ1) is 21.0. The number of hydrogen-bond donors (Lipinski definition) is 0. The van der Waals surface area contributed by atoms with E-state index < -0.39 is 11.9 Å². The number of ether oxygens (including phenoxy) is 1. The molecule has 4 nitrogen and oxygen atoms in total. The SMILES string of the molecule is CN(C(=O)Oc1ccc(F)cc1)C1CN(Cc2ccccc2)CC1c1ccc(F)cc1. The van der Waals surface area contributed by atoms with Crippen molar-refractivity contribution in [2.24, 2.45) is 0 Å². The first-order valence-corrected chi connectivity index (χ1v) is 10.2. The Kier molecular flexibility index (Phi) is 6.28. The van der Waals surface area contributed by atoms with Crippen LogP contribution in [-0.4, -0.2) is 42.1 Å². The third-order valence-corrected chi connectivity index (χ3v) is 5.72. The van der Waals surface area contributed by atoms with Gasteiger partial charge < -0.3 is 9.64 Å². The summed E-state index contributed by atoms with van der Waals surface area (Å²) in [5.74, 6) is -0.383. The molecule has 6 heteroatoms. The van der Waals surface area contributed by atoms with E-state index in [1.165, 1.54) is 42.0 Å². The Morgan fingerprint density at radius 2 is 1.55 bits per heavy atom. The fraction of sp³-hybridized carbons (Fsp3) is 0.240. The molecule has 1 fully saturated rings. The van der Waals surface area contributed by atoms with E-state index in [1.807, 2.05) is 18.2 Å². The predicted octanol–water partition coefficient (Wildman–Crippen LogP) is 5.06. The fourth-order valence-electron chi connectivity index (χ4n) is 4.08. The summed E-state index contributed by atoms with van der Waals surface area (Å²) in [7, 11) is 1.71. The summed E-state index contributed by atoms with van der Waals surface area (Å²) >= 11 is 0. The number of likely N-dealkylation sites (N-methyl/N-ethyl adjacent to an activating group) is 1. The Morgan fingerprint density at radius 1 is 0.935 bits per heavy atom. The standard InChI is InChI=1S/C25H24F2N2O2/c1-28(25(30)31-22-13-11-21(27)12-14-22)24-17-29(15-18-5-3-2-4-6-18)16-23(24)19-7-9-20(26)10-8-19/h2-14,23-24H,15-17H2,1H3. The highest BCUT2D eigenvalue weighted by atomic mass is 19.1. The summed E-state index contributed by atoms with van der Waals surface area (Å²) in [4.78, 5) is 16.7. The van der Waals surface area contributed by atoms with Gasteiger partial charge >= 0.3 is 6.09 Å². The zero-order valence-corrected chi connectivity index (χ0v) is 17.2. The number of benzene rings is 3. The molecule has 2 unspecified atom stereocenters. The number of nitrogens with zero attached hydrogens (tertiary/aromatic N) is 2. The van der Waals surface area contributed by atoms with Crippen LogP contribution in [0.1, 0.15) is 17.0 Å². The van der Waals surface area contributed by atoms with Gasteiger partial charge in [-0.05, 0) is 47.5 Å². The van der Waals surface area contributed by atoms with Gasteiger partial charge in [0.25, 0.3) is 0 Å². The summed E-state index contributed by atoms with van der Waals surface area (Å²) in [5, 5.41) is 0. The van der Waals surface area contributed by atoms with Gasteiger partial charge in [-0.15, -0.1) is 0 Å². The summed E-state index contributed by atoms with van der Waals surface area (Å²) in [6.07, 6.45) is -0.509. The van der Waals surface area contributed by atoms with Crippen LogP contribution in [0.3, 0.4) is 0 Å². The molecule has 0 N–H and O–H groups in total. The Hall–Kier alpha value is -3.25. The van der Waals surface area contributed by atoms with Gasteiger partial charge in [-0.3, -0.25) is 4.90 Å². The minimum atomic E-state index is -0.509. The van der Waals surface area contributed by atoms with Crippen LogP contribution in [0, 0.1) is 11.6 Å². The Morgan fingerprint density at radius 3 is 2.19 bits per heavy atom. The van der Waals surface area contributed by atoms with E-state index in [1.54, 1.807) is 24.1 Å². The van der Waals surface area contributed by atoms with Crippen LogP contribution < -0.4 is 4.74 Å². The molecule has 0 bridgehead atoms. The molecule has 1 aliphatic heterocycles. The lowest BCUT2D eigenvalue weighted by Gasteiger charge is -2.28. The molecule has 1 aliphatic rings. The van der Waals surface area contributed by atoms with Crippen LogP contribution in [0.5, 0.6) is 5.75 Å². The summed E-state index contributed by atoms with van der Waals surface area (Å²) in [6, 6.07) is 21.8. The number of amides is 1. The maximum atomic E-state index is 13.5. The minimum absolute atomic E-state index is 0.00933. The van der Waals surface area contributed by atoms with E-state index in [4.69, 9.17) is 4.74 Å². The molecule has 1 heterocycles. The minimum Gasteiger partial charge on any atom is -0.410 e. The van der Waals surface area contributed by atoms with Gasteiger partial charge in [-0.1, -0.05) is 42.5 Å². The van der Waals surface area contributed by atoms with E-state index in [9.17, 15) is 13.6 Å². The first-order valence-electron chi connectivity index (χ1n) is 10.2. The lowest BCUT2D eigenvalue weighted by molar-refractivity contribution is 0.142. The molecule has 1 saturated heterocycles. The van der Waals surface area contributed by atoms with E-state index in [0.717, 1.165) is 18.7 Å². The van der Waals surface area contributed by atoms with Crippen molar-refractivity contribution >= 4 is 6.09 Å². The third-order valence-electron chi connectivity index (χ3n) is 5.72. The second-order valence-electron chi connectivity index (χ2n) is 7.84.